The number of carbonyl (C=O) groups excluding carboxylic acids is 1. The lowest BCUT2D eigenvalue weighted by Gasteiger charge is -2.34. The van der Waals surface area contributed by atoms with Gasteiger partial charge in [-0.25, -0.2) is 9.97 Å². The van der Waals surface area contributed by atoms with Gasteiger partial charge in [0, 0.05) is 45.1 Å². The number of nitrogens with zero attached hydrogens (tertiary/aromatic N) is 4. The molecule has 128 valence electrons. The maximum Gasteiger partial charge on any atom is 0.237 e. The van der Waals surface area contributed by atoms with E-state index in [9.17, 15) is 4.79 Å². The van der Waals surface area contributed by atoms with Crippen molar-refractivity contribution in [1.29, 1.82) is 0 Å². The van der Waals surface area contributed by atoms with E-state index in [0.29, 0.717) is 6.54 Å². The number of hydrogen-bond donors (Lipinski definition) is 2. The van der Waals surface area contributed by atoms with E-state index in [-0.39, 0.29) is 11.8 Å². The third-order valence-electron chi connectivity index (χ3n) is 4.18. The molecule has 1 aromatic rings. The van der Waals surface area contributed by atoms with Crippen LogP contribution in [-0.4, -0.2) is 66.1 Å². The van der Waals surface area contributed by atoms with Crippen LogP contribution in [0.5, 0.6) is 0 Å². The van der Waals surface area contributed by atoms with Crippen molar-refractivity contribution in [1.82, 2.24) is 20.2 Å². The van der Waals surface area contributed by atoms with Gasteiger partial charge in [0.2, 0.25) is 11.9 Å². The number of piperazine rings is 1. The molecule has 1 saturated heterocycles. The second kappa shape index (κ2) is 8.79. The molecule has 0 radical (unpaired) electrons. The van der Waals surface area contributed by atoms with Crippen molar-refractivity contribution in [2.75, 3.05) is 44.2 Å². The normalized spacial score (nSPS) is 17.3. The Hall–Kier alpha value is -1.73. The molecule has 2 rings (SSSR count). The third-order valence-corrected chi connectivity index (χ3v) is 4.18. The van der Waals surface area contributed by atoms with Crippen LogP contribution in [0.1, 0.15) is 20.3 Å². The summed E-state index contributed by atoms with van der Waals surface area (Å²) in [5.41, 5.74) is 5.82. The van der Waals surface area contributed by atoms with Gasteiger partial charge in [-0.1, -0.05) is 13.8 Å². The maximum absolute atomic E-state index is 11.8. The highest BCUT2D eigenvalue weighted by Crippen LogP contribution is 2.09. The second-order valence-electron chi connectivity index (χ2n) is 6.29. The fraction of sp³-hybridized carbons (Fsp3) is 0.688. The summed E-state index contributed by atoms with van der Waals surface area (Å²) in [7, 11) is 0. The van der Waals surface area contributed by atoms with Crippen LogP contribution in [0.25, 0.3) is 0 Å². The van der Waals surface area contributed by atoms with Gasteiger partial charge in [0.25, 0.3) is 0 Å². The van der Waals surface area contributed by atoms with Gasteiger partial charge in [-0.2, -0.15) is 0 Å². The Bertz CT molecular complexity index is 473. The minimum atomic E-state index is -0.413. The first-order valence-corrected chi connectivity index (χ1v) is 8.35. The number of amides is 1. The Kier molecular flexibility index (Phi) is 6.73. The number of anilines is 1. The molecule has 1 aromatic heterocycles. The lowest BCUT2D eigenvalue weighted by molar-refractivity contribution is -0.123. The summed E-state index contributed by atoms with van der Waals surface area (Å²) < 4.78 is 0. The Balaban J connectivity index is 1.61. The predicted octanol–water partition coefficient (Wildman–Crippen LogP) is 0.0882. The Morgan fingerprint density at radius 1 is 1.26 bits per heavy atom. The number of aromatic nitrogens is 2. The molecule has 0 bridgehead atoms. The quantitative estimate of drug-likeness (QED) is 0.692. The molecule has 2 heterocycles. The molecular formula is C16H28N6O. The number of nitrogens with one attached hydrogen (secondary N) is 1. The highest BCUT2D eigenvalue weighted by molar-refractivity contribution is 5.81. The fourth-order valence-corrected chi connectivity index (χ4v) is 2.56. The molecule has 0 aromatic carbocycles. The molecule has 7 nitrogen and oxygen atoms in total. The molecule has 0 aliphatic carbocycles. The van der Waals surface area contributed by atoms with Crippen LogP contribution in [0.3, 0.4) is 0 Å². The van der Waals surface area contributed by atoms with Crippen molar-refractivity contribution in [3.05, 3.63) is 18.5 Å². The highest BCUT2D eigenvalue weighted by atomic mass is 16.2. The largest absolute Gasteiger partial charge is 0.355 e. The van der Waals surface area contributed by atoms with E-state index in [4.69, 9.17) is 5.73 Å². The molecule has 1 fully saturated rings. The Morgan fingerprint density at radius 3 is 2.52 bits per heavy atom. The van der Waals surface area contributed by atoms with E-state index in [1.54, 1.807) is 12.4 Å². The molecule has 23 heavy (non-hydrogen) atoms. The number of carbonyl (C=O) groups is 1. The van der Waals surface area contributed by atoms with Gasteiger partial charge in [-0.3, -0.25) is 9.69 Å². The number of hydrogen-bond acceptors (Lipinski definition) is 6. The van der Waals surface area contributed by atoms with E-state index >= 15 is 0 Å². The molecule has 0 spiro atoms. The minimum Gasteiger partial charge on any atom is -0.355 e. The van der Waals surface area contributed by atoms with E-state index in [1.807, 2.05) is 19.9 Å². The van der Waals surface area contributed by atoms with Crippen molar-refractivity contribution in [2.45, 2.75) is 26.3 Å². The number of nitrogens with two attached hydrogens (primary N) is 1. The Labute approximate surface area is 138 Å². The predicted molar refractivity (Wildman–Crippen MR) is 91.1 cm³/mol. The zero-order valence-corrected chi connectivity index (χ0v) is 14.1. The molecule has 1 atom stereocenters. The molecule has 1 aliphatic heterocycles. The zero-order chi connectivity index (χ0) is 16.7. The summed E-state index contributed by atoms with van der Waals surface area (Å²) in [5.74, 6) is 0.927. The first-order chi connectivity index (χ1) is 11.1. The molecular weight excluding hydrogens is 292 g/mol. The van der Waals surface area contributed by atoms with Crippen LogP contribution >= 0.6 is 0 Å². The first kappa shape index (κ1) is 17.6. The zero-order valence-electron chi connectivity index (χ0n) is 14.1. The topological polar surface area (TPSA) is 87.4 Å². The second-order valence-corrected chi connectivity index (χ2v) is 6.29. The molecule has 3 N–H and O–H groups in total. The molecule has 1 aliphatic rings. The highest BCUT2D eigenvalue weighted by Gasteiger charge is 2.19. The molecule has 0 unspecified atom stereocenters. The first-order valence-electron chi connectivity index (χ1n) is 8.35. The smallest absolute Gasteiger partial charge is 0.237 e. The van der Waals surface area contributed by atoms with Gasteiger partial charge >= 0.3 is 0 Å². The summed E-state index contributed by atoms with van der Waals surface area (Å²) >= 11 is 0. The molecule has 0 saturated carbocycles. The fourth-order valence-electron chi connectivity index (χ4n) is 2.56. The average molecular weight is 320 g/mol. The molecule has 1 amide bonds. The van der Waals surface area contributed by atoms with Crippen molar-refractivity contribution in [2.24, 2.45) is 11.7 Å². The Morgan fingerprint density at radius 2 is 1.91 bits per heavy atom. The van der Waals surface area contributed by atoms with Crippen molar-refractivity contribution in [3.8, 4) is 0 Å². The van der Waals surface area contributed by atoms with E-state index < -0.39 is 6.04 Å². The third kappa shape index (κ3) is 5.44. The minimum absolute atomic E-state index is 0.0500. The van der Waals surface area contributed by atoms with Gasteiger partial charge in [-0.05, 0) is 24.9 Å². The van der Waals surface area contributed by atoms with Crippen LogP contribution in [0.2, 0.25) is 0 Å². The average Bonchev–Trinajstić information content (AvgIpc) is 2.59. The standard InChI is InChI=1S/C16H28N6O/c1-13(2)14(17)15(23)18-7-4-8-21-9-11-22(12-10-21)16-19-5-3-6-20-16/h3,5-6,13-14H,4,7-12,17H2,1-2H3,(H,18,23)/t14-/m0/s1. The van der Waals surface area contributed by atoms with Crippen LogP contribution in [0.15, 0.2) is 18.5 Å². The summed E-state index contributed by atoms with van der Waals surface area (Å²) in [6.45, 7) is 9.46. The molecule has 7 heteroatoms. The monoisotopic (exact) mass is 320 g/mol. The lowest BCUT2D eigenvalue weighted by Crippen LogP contribution is -2.48. The van der Waals surface area contributed by atoms with E-state index in [1.165, 1.54) is 0 Å². The summed E-state index contributed by atoms with van der Waals surface area (Å²) in [4.78, 5) is 25.0. The van der Waals surface area contributed by atoms with Gasteiger partial charge < -0.3 is 16.0 Å². The van der Waals surface area contributed by atoms with Crippen LogP contribution < -0.4 is 16.0 Å². The van der Waals surface area contributed by atoms with Gasteiger partial charge in [-0.15, -0.1) is 0 Å². The van der Waals surface area contributed by atoms with E-state index in [2.05, 4.69) is 25.1 Å². The van der Waals surface area contributed by atoms with Crippen LogP contribution in [-0.2, 0) is 4.79 Å². The van der Waals surface area contributed by atoms with Crippen LogP contribution in [0, 0.1) is 5.92 Å². The van der Waals surface area contributed by atoms with Crippen LogP contribution in [0.4, 0.5) is 5.95 Å². The maximum atomic E-state index is 11.8. The lowest BCUT2D eigenvalue weighted by atomic mass is 10.1. The van der Waals surface area contributed by atoms with Gasteiger partial charge in [0.15, 0.2) is 0 Å². The summed E-state index contributed by atoms with van der Waals surface area (Å²) in [6.07, 6.45) is 4.50. The van der Waals surface area contributed by atoms with Crippen molar-refractivity contribution < 1.29 is 4.79 Å². The van der Waals surface area contributed by atoms with Crippen molar-refractivity contribution in [3.63, 3.8) is 0 Å². The van der Waals surface area contributed by atoms with Crippen molar-refractivity contribution >= 4 is 11.9 Å². The number of rotatable bonds is 7. The van der Waals surface area contributed by atoms with Gasteiger partial charge in [0.05, 0.1) is 6.04 Å². The van der Waals surface area contributed by atoms with Gasteiger partial charge in [0.1, 0.15) is 0 Å². The SMILES string of the molecule is CC(C)[C@H](N)C(=O)NCCCN1CCN(c2ncccn2)CC1. The summed E-state index contributed by atoms with van der Waals surface area (Å²) in [5, 5.41) is 2.92. The summed E-state index contributed by atoms with van der Waals surface area (Å²) in [6, 6.07) is 1.42. The van der Waals surface area contributed by atoms with E-state index in [0.717, 1.165) is 45.1 Å².